The van der Waals surface area contributed by atoms with Crippen LogP contribution < -0.4 is 0 Å². The smallest absolute Gasteiger partial charge is 0.114 e. The van der Waals surface area contributed by atoms with Gasteiger partial charge in [-0.15, -0.1) is 0 Å². The molecule has 0 aliphatic rings. The first-order valence-corrected chi connectivity index (χ1v) is 4.29. The summed E-state index contributed by atoms with van der Waals surface area (Å²) >= 11 is 0. The molecule has 0 atom stereocenters. The molecular weight excluding hydrogens is 151 g/mol. The molecular formula is C11H17F. The summed E-state index contributed by atoms with van der Waals surface area (Å²) in [7, 11) is 0. The number of rotatable bonds is 5. The predicted octanol–water partition coefficient (Wildman–Crippen LogP) is 3.81. The Morgan fingerprint density at radius 3 is 2.50 bits per heavy atom. The Kier molecular flexibility index (Phi) is 6.35. The van der Waals surface area contributed by atoms with Gasteiger partial charge in [0.25, 0.3) is 0 Å². The molecule has 0 aliphatic heterocycles. The summed E-state index contributed by atoms with van der Waals surface area (Å²) in [5.74, 6) is 0. The van der Waals surface area contributed by atoms with Gasteiger partial charge in [-0.05, 0) is 18.9 Å². The lowest BCUT2D eigenvalue weighted by Crippen LogP contribution is -1.79. The minimum atomic E-state index is -0.431. The molecule has 0 fully saturated rings. The molecule has 0 saturated carbocycles. The topological polar surface area (TPSA) is 0 Å². The normalized spacial score (nSPS) is 13.2. The number of halogens is 1. The number of allylic oxidation sites excluding steroid dienone is 5. The largest absolute Gasteiger partial charge is 0.246 e. The van der Waals surface area contributed by atoms with Gasteiger partial charge in [0.1, 0.15) is 6.67 Å². The van der Waals surface area contributed by atoms with Crippen LogP contribution in [0.25, 0.3) is 0 Å². The first-order chi connectivity index (χ1) is 5.74. The van der Waals surface area contributed by atoms with Crippen molar-refractivity contribution in [2.75, 3.05) is 6.67 Å². The van der Waals surface area contributed by atoms with Gasteiger partial charge >= 0.3 is 0 Å². The fourth-order valence-electron chi connectivity index (χ4n) is 0.894. The molecule has 0 aromatic heterocycles. The van der Waals surface area contributed by atoms with E-state index in [-0.39, 0.29) is 0 Å². The van der Waals surface area contributed by atoms with Crippen molar-refractivity contribution in [2.45, 2.75) is 26.7 Å². The Morgan fingerprint density at radius 2 is 2.08 bits per heavy atom. The molecule has 0 nitrogen and oxygen atoms in total. The minimum absolute atomic E-state index is 0.431. The molecule has 0 rings (SSSR count). The summed E-state index contributed by atoms with van der Waals surface area (Å²) in [5, 5.41) is 0. The highest BCUT2D eigenvalue weighted by atomic mass is 19.1. The van der Waals surface area contributed by atoms with Gasteiger partial charge in [-0.1, -0.05) is 43.7 Å². The second-order valence-electron chi connectivity index (χ2n) is 2.84. The molecule has 0 bridgehead atoms. The Hall–Kier alpha value is -0.850. The molecule has 0 N–H and O–H groups in total. The highest BCUT2D eigenvalue weighted by Crippen LogP contribution is 2.05. The van der Waals surface area contributed by atoms with E-state index in [1.165, 1.54) is 5.57 Å². The number of hydrogen-bond donors (Lipinski definition) is 0. The quantitative estimate of drug-likeness (QED) is 0.547. The first kappa shape index (κ1) is 11.2. The third kappa shape index (κ3) is 4.89. The fraction of sp³-hybridized carbons (Fsp3) is 0.455. The van der Waals surface area contributed by atoms with Crippen molar-refractivity contribution in [3.63, 3.8) is 0 Å². The molecule has 0 unspecified atom stereocenters. The maximum atomic E-state index is 12.1. The van der Waals surface area contributed by atoms with E-state index in [2.05, 4.69) is 20.4 Å². The summed E-state index contributed by atoms with van der Waals surface area (Å²) in [4.78, 5) is 0. The Balaban J connectivity index is 4.13. The lowest BCUT2D eigenvalue weighted by molar-refractivity contribution is 0.549. The maximum Gasteiger partial charge on any atom is 0.114 e. The number of hydrogen-bond acceptors (Lipinski definition) is 0. The molecule has 68 valence electrons. The highest BCUT2D eigenvalue weighted by molar-refractivity contribution is 5.24. The SMILES string of the molecule is C=C/C(=C\C=C(\C)CCC)CF. The van der Waals surface area contributed by atoms with E-state index in [0.29, 0.717) is 5.57 Å². The van der Waals surface area contributed by atoms with Gasteiger partial charge in [-0.3, -0.25) is 0 Å². The van der Waals surface area contributed by atoms with Crippen molar-refractivity contribution in [1.29, 1.82) is 0 Å². The monoisotopic (exact) mass is 168 g/mol. The van der Waals surface area contributed by atoms with Crippen LogP contribution in [0.4, 0.5) is 4.39 Å². The molecule has 0 radical (unpaired) electrons. The van der Waals surface area contributed by atoms with Gasteiger partial charge in [0.05, 0.1) is 0 Å². The maximum absolute atomic E-state index is 12.1. The van der Waals surface area contributed by atoms with Crippen LogP contribution in [0.3, 0.4) is 0 Å². The molecule has 0 aromatic carbocycles. The summed E-state index contributed by atoms with van der Waals surface area (Å²) in [6.07, 6.45) is 7.51. The van der Waals surface area contributed by atoms with E-state index in [0.717, 1.165) is 12.8 Å². The molecule has 0 spiro atoms. The highest BCUT2D eigenvalue weighted by Gasteiger charge is 1.88. The molecule has 0 aromatic rings. The van der Waals surface area contributed by atoms with E-state index in [9.17, 15) is 4.39 Å². The summed E-state index contributed by atoms with van der Waals surface area (Å²) in [5.41, 5.74) is 1.93. The predicted molar refractivity (Wildman–Crippen MR) is 52.9 cm³/mol. The van der Waals surface area contributed by atoms with Crippen molar-refractivity contribution >= 4 is 0 Å². The molecule has 1 heteroatoms. The number of alkyl halides is 1. The van der Waals surface area contributed by atoms with Crippen LogP contribution in [0.15, 0.2) is 36.0 Å². The average Bonchev–Trinajstić information content (AvgIpc) is 2.07. The molecule has 0 saturated heterocycles. The van der Waals surface area contributed by atoms with Gasteiger partial charge < -0.3 is 0 Å². The Morgan fingerprint density at radius 1 is 1.42 bits per heavy atom. The van der Waals surface area contributed by atoms with Gasteiger partial charge in [0.2, 0.25) is 0 Å². The van der Waals surface area contributed by atoms with Crippen LogP contribution in [0.5, 0.6) is 0 Å². The van der Waals surface area contributed by atoms with Crippen molar-refractivity contribution in [3.8, 4) is 0 Å². The summed E-state index contributed by atoms with van der Waals surface area (Å²) in [6, 6.07) is 0. The minimum Gasteiger partial charge on any atom is -0.246 e. The Bertz CT molecular complexity index is 187. The van der Waals surface area contributed by atoms with E-state index in [1.807, 2.05) is 6.08 Å². The second-order valence-corrected chi connectivity index (χ2v) is 2.84. The zero-order valence-corrected chi connectivity index (χ0v) is 7.94. The van der Waals surface area contributed by atoms with Crippen LogP contribution in [-0.4, -0.2) is 6.67 Å². The van der Waals surface area contributed by atoms with E-state index < -0.39 is 6.67 Å². The van der Waals surface area contributed by atoms with Crippen molar-refractivity contribution in [1.82, 2.24) is 0 Å². The molecule has 12 heavy (non-hydrogen) atoms. The van der Waals surface area contributed by atoms with Crippen LogP contribution >= 0.6 is 0 Å². The van der Waals surface area contributed by atoms with Crippen molar-refractivity contribution < 1.29 is 4.39 Å². The van der Waals surface area contributed by atoms with Crippen LogP contribution in [0.1, 0.15) is 26.7 Å². The second kappa shape index (κ2) is 6.84. The van der Waals surface area contributed by atoms with Crippen LogP contribution in [0, 0.1) is 0 Å². The zero-order valence-electron chi connectivity index (χ0n) is 7.94. The average molecular weight is 168 g/mol. The van der Waals surface area contributed by atoms with Gasteiger partial charge in [-0.2, -0.15) is 0 Å². The van der Waals surface area contributed by atoms with E-state index in [1.54, 1.807) is 12.2 Å². The Labute approximate surface area is 74.5 Å². The van der Waals surface area contributed by atoms with Gasteiger partial charge in [0, 0.05) is 0 Å². The molecule has 0 amide bonds. The van der Waals surface area contributed by atoms with E-state index >= 15 is 0 Å². The standard InChI is InChI=1S/C11H17F/c1-4-6-10(3)7-8-11(5-2)9-12/h5,7-8H,2,4,6,9H2,1,3H3/b10-7-,11-8+. The summed E-state index contributed by atoms with van der Waals surface area (Å²) in [6.45, 7) is 7.27. The van der Waals surface area contributed by atoms with Crippen molar-refractivity contribution in [2.24, 2.45) is 0 Å². The van der Waals surface area contributed by atoms with Gasteiger partial charge in [-0.25, -0.2) is 4.39 Å². The molecule has 0 aliphatic carbocycles. The third-order valence-electron chi connectivity index (χ3n) is 1.64. The lowest BCUT2D eigenvalue weighted by atomic mass is 10.1. The first-order valence-electron chi connectivity index (χ1n) is 4.29. The van der Waals surface area contributed by atoms with Gasteiger partial charge in [0.15, 0.2) is 0 Å². The fourth-order valence-corrected chi connectivity index (χ4v) is 0.894. The van der Waals surface area contributed by atoms with Crippen molar-refractivity contribution in [3.05, 3.63) is 36.0 Å². The zero-order chi connectivity index (χ0) is 9.40. The summed E-state index contributed by atoms with van der Waals surface area (Å²) < 4.78 is 12.1. The van der Waals surface area contributed by atoms with Crippen LogP contribution in [-0.2, 0) is 0 Å². The van der Waals surface area contributed by atoms with Crippen LogP contribution in [0.2, 0.25) is 0 Å². The molecule has 0 heterocycles. The third-order valence-corrected chi connectivity index (χ3v) is 1.64. The van der Waals surface area contributed by atoms with E-state index in [4.69, 9.17) is 0 Å². The lowest BCUT2D eigenvalue weighted by Gasteiger charge is -1.95.